The molecule has 0 N–H and O–H groups in total. The first-order valence-corrected chi connectivity index (χ1v) is 12.6. The Morgan fingerprint density at radius 2 is 1.64 bits per heavy atom. The van der Waals surface area contributed by atoms with Crippen molar-refractivity contribution in [2.75, 3.05) is 20.8 Å². The molecule has 0 spiro atoms. The molecular weight excluding hydrogens is 460 g/mol. The molecule has 190 valence electrons. The van der Waals surface area contributed by atoms with Crippen molar-refractivity contribution in [3.63, 3.8) is 0 Å². The van der Waals surface area contributed by atoms with Gasteiger partial charge in [-0.15, -0.1) is 0 Å². The number of hydrogen-bond acceptors (Lipinski definition) is 7. The Labute approximate surface area is 210 Å². The van der Waals surface area contributed by atoms with Gasteiger partial charge in [0.05, 0.1) is 19.1 Å². The van der Waals surface area contributed by atoms with Crippen molar-refractivity contribution in [3.8, 4) is 11.5 Å². The molecule has 2 atom stereocenters. The van der Waals surface area contributed by atoms with E-state index in [0.29, 0.717) is 17.9 Å². The van der Waals surface area contributed by atoms with E-state index < -0.39 is 11.1 Å². The highest BCUT2D eigenvalue weighted by molar-refractivity contribution is 5.87. The van der Waals surface area contributed by atoms with Crippen molar-refractivity contribution in [2.24, 2.45) is 5.10 Å². The van der Waals surface area contributed by atoms with E-state index in [1.54, 1.807) is 31.4 Å². The number of non-ortho nitro benzene ring substituents is 1. The van der Waals surface area contributed by atoms with Crippen LogP contribution in [0.1, 0.15) is 73.8 Å². The lowest BCUT2D eigenvalue weighted by Crippen LogP contribution is -2.52. The van der Waals surface area contributed by atoms with Crippen LogP contribution in [0.3, 0.4) is 0 Å². The highest BCUT2D eigenvalue weighted by Gasteiger charge is 2.44. The number of carbonyl (C=O) groups excluding carboxylic acids is 1. The zero-order chi connectivity index (χ0) is 25.2. The van der Waals surface area contributed by atoms with Gasteiger partial charge in [0, 0.05) is 36.9 Å². The van der Waals surface area contributed by atoms with Gasteiger partial charge in [0.15, 0.2) is 11.5 Å². The van der Waals surface area contributed by atoms with Crippen LogP contribution in [0.2, 0.25) is 0 Å². The van der Waals surface area contributed by atoms with E-state index in [1.165, 1.54) is 25.0 Å². The molecule has 3 aliphatic rings. The van der Waals surface area contributed by atoms with Crippen LogP contribution >= 0.6 is 0 Å². The number of ether oxygens (including phenoxy) is 2. The first-order chi connectivity index (χ1) is 17.5. The molecule has 9 heteroatoms. The van der Waals surface area contributed by atoms with Gasteiger partial charge < -0.3 is 9.47 Å². The molecule has 1 saturated carbocycles. The van der Waals surface area contributed by atoms with E-state index in [9.17, 15) is 14.9 Å². The maximum Gasteiger partial charge on any atom is 0.269 e. The Morgan fingerprint density at radius 3 is 2.28 bits per heavy atom. The highest BCUT2D eigenvalue weighted by Crippen LogP contribution is 2.47. The normalized spacial score (nSPS) is 22.3. The number of amides is 1. The Hall–Kier alpha value is -3.46. The van der Waals surface area contributed by atoms with Crippen LogP contribution < -0.4 is 9.47 Å². The molecule has 0 bridgehead atoms. The number of methoxy groups -OCH3 is 2. The smallest absolute Gasteiger partial charge is 0.269 e. The third-order valence-electron chi connectivity index (χ3n) is 7.55. The maximum atomic E-state index is 13.7. The van der Waals surface area contributed by atoms with Gasteiger partial charge in [-0.25, -0.2) is 5.01 Å². The Bertz CT molecular complexity index is 1170. The van der Waals surface area contributed by atoms with Gasteiger partial charge in [0.1, 0.15) is 6.17 Å². The number of nitrogens with zero attached hydrogens (tertiary/aromatic N) is 4. The van der Waals surface area contributed by atoms with Crippen LogP contribution in [0, 0.1) is 10.1 Å². The molecule has 36 heavy (non-hydrogen) atoms. The van der Waals surface area contributed by atoms with Crippen LogP contribution in [0.15, 0.2) is 41.5 Å². The highest BCUT2D eigenvalue weighted by atomic mass is 16.6. The minimum atomic E-state index is -0.436. The fourth-order valence-corrected chi connectivity index (χ4v) is 5.70. The lowest BCUT2D eigenvalue weighted by molar-refractivity contribution is -0.384. The van der Waals surface area contributed by atoms with Gasteiger partial charge in [-0.05, 0) is 73.1 Å². The summed E-state index contributed by atoms with van der Waals surface area (Å²) < 4.78 is 11.1. The van der Waals surface area contributed by atoms with E-state index in [4.69, 9.17) is 14.6 Å². The summed E-state index contributed by atoms with van der Waals surface area (Å²) in [4.78, 5) is 26.8. The second kappa shape index (κ2) is 10.3. The zero-order valence-electron chi connectivity index (χ0n) is 20.8. The summed E-state index contributed by atoms with van der Waals surface area (Å²) in [7, 11) is 3.24. The summed E-state index contributed by atoms with van der Waals surface area (Å²) in [5, 5.41) is 17.8. The largest absolute Gasteiger partial charge is 0.493 e. The lowest BCUT2D eigenvalue weighted by atomic mass is 9.87. The van der Waals surface area contributed by atoms with Gasteiger partial charge >= 0.3 is 0 Å². The number of carbonyl (C=O) groups is 1. The van der Waals surface area contributed by atoms with Crippen LogP contribution in [-0.2, 0) is 11.2 Å². The molecule has 9 nitrogen and oxygen atoms in total. The van der Waals surface area contributed by atoms with Crippen molar-refractivity contribution >= 4 is 17.3 Å². The predicted molar refractivity (Wildman–Crippen MR) is 135 cm³/mol. The Balaban J connectivity index is 1.57. The molecule has 1 aliphatic carbocycles. The number of benzene rings is 2. The molecule has 2 aliphatic heterocycles. The van der Waals surface area contributed by atoms with Crippen LogP contribution in [0.25, 0.3) is 0 Å². The Kier molecular flexibility index (Phi) is 6.91. The summed E-state index contributed by atoms with van der Waals surface area (Å²) in [5.74, 6) is 1.28. The second-order valence-electron chi connectivity index (χ2n) is 9.65. The standard InChI is InChI=1S/C27H32N4O5/c1-35-24-15-19-13-14-29-23(22(19)16-25(24)36-2)17-26(32)30(28-20-7-5-3-4-6-8-20)27(29)18-9-11-21(12-10-18)31(33)34/h9-12,15-16,23,27H,3-8,13-14,17H2,1-2H3. The summed E-state index contributed by atoms with van der Waals surface area (Å²) in [5.41, 5.74) is 4.11. The molecule has 1 saturated heterocycles. The van der Waals surface area contributed by atoms with E-state index in [2.05, 4.69) is 4.90 Å². The maximum absolute atomic E-state index is 13.7. The second-order valence-corrected chi connectivity index (χ2v) is 9.65. The summed E-state index contributed by atoms with van der Waals surface area (Å²) in [6, 6.07) is 10.4. The van der Waals surface area contributed by atoms with Crippen molar-refractivity contribution in [3.05, 3.63) is 63.2 Å². The van der Waals surface area contributed by atoms with Gasteiger partial charge in [0.25, 0.3) is 5.69 Å². The molecular formula is C27H32N4O5. The number of fused-ring (bicyclic) bond motifs is 3. The third-order valence-corrected chi connectivity index (χ3v) is 7.55. The minimum Gasteiger partial charge on any atom is -0.493 e. The number of nitro groups is 1. The minimum absolute atomic E-state index is 0.0277. The van der Waals surface area contributed by atoms with Gasteiger partial charge in [-0.3, -0.25) is 19.8 Å². The van der Waals surface area contributed by atoms with Crippen molar-refractivity contribution in [1.29, 1.82) is 0 Å². The van der Waals surface area contributed by atoms with E-state index >= 15 is 0 Å². The zero-order valence-corrected chi connectivity index (χ0v) is 20.8. The fraction of sp³-hybridized carbons (Fsp3) is 0.481. The monoisotopic (exact) mass is 492 g/mol. The van der Waals surface area contributed by atoms with Crippen molar-refractivity contribution < 1.29 is 19.2 Å². The molecule has 2 heterocycles. The molecule has 5 rings (SSSR count). The fourth-order valence-electron chi connectivity index (χ4n) is 5.70. The quantitative estimate of drug-likeness (QED) is 0.325. The van der Waals surface area contributed by atoms with Gasteiger partial charge in [0.2, 0.25) is 5.91 Å². The lowest BCUT2D eigenvalue weighted by Gasteiger charge is -2.49. The van der Waals surface area contributed by atoms with Gasteiger partial charge in [-0.2, -0.15) is 5.10 Å². The predicted octanol–water partition coefficient (Wildman–Crippen LogP) is 5.15. The molecule has 2 unspecified atom stereocenters. The molecule has 0 radical (unpaired) electrons. The van der Waals surface area contributed by atoms with Crippen LogP contribution in [0.4, 0.5) is 5.69 Å². The number of rotatable bonds is 5. The SMILES string of the molecule is COc1cc2c(cc1OC)C1CC(=O)N(N=C3CCCCCC3)C(c3ccc([N+](=O)[O-])cc3)N1CC2. The van der Waals surface area contributed by atoms with Crippen molar-refractivity contribution in [1.82, 2.24) is 9.91 Å². The average Bonchev–Trinajstić information content (AvgIpc) is 3.17. The van der Waals surface area contributed by atoms with E-state index in [1.807, 2.05) is 12.1 Å². The van der Waals surface area contributed by atoms with Crippen molar-refractivity contribution in [2.45, 2.75) is 63.6 Å². The number of hydrazone groups is 1. The summed E-state index contributed by atoms with van der Waals surface area (Å²) in [6.45, 7) is 0.726. The van der Waals surface area contributed by atoms with Crippen LogP contribution in [-0.4, -0.2) is 47.2 Å². The summed E-state index contributed by atoms with van der Waals surface area (Å²) in [6.07, 6.45) is 7.02. The molecule has 2 aromatic rings. The van der Waals surface area contributed by atoms with Gasteiger partial charge in [-0.1, -0.05) is 12.8 Å². The molecule has 1 amide bonds. The third kappa shape index (κ3) is 4.55. The molecule has 0 aromatic heterocycles. The van der Waals surface area contributed by atoms with E-state index in [-0.39, 0.29) is 17.6 Å². The molecule has 2 fully saturated rings. The topological polar surface area (TPSA) is 97.5 Å². The average molecular weight is 493 g/mol. The summed E-state index contributed by atoms with van der Waals surface area (Å²) >= 11 is 0. The Morgan fingerprint density at radius 1 is 0.972 bits per heavy atom. The van der Waals surface area contributed by atoms with E-state index in [0.717, 1.165) is 61.1 Å². The molecule has 2 aromatic carbocycles. The number of nitro benzene ring substituents is 1. The van der Waals surface area contributed by atoms with Crippen LogP contribution in [0.5, 0.6) is 11.5 Å². The first kappa shape index (κ1) is 24.2. The first-order valence-electron chi connectivity index (χ1n) is 12.6. The number of hydrogen-bond donors (Lipinski definition) is 0.